The number of halogens is 3. The van der Waals surface area contributed by atoms with E-state index < -0.39 is 17.5 Å². The molecule has 1 aliphatic carbocycles. The van der Waals surface area contributed by atoms with E-state index in [9.17, 15) is 18.0 Å². The number of hydrogen-bond donors (Lipinski definition) is 1. The molecule has 33 heavy (non-hydrogen) atoms. The highest BCUT2D eigenvalue weighted by atomic mass is 19.2. The van der Waals surface area contributed by atoms with Crippen molar-refractivity contribution in [1.29, 1.82) is 0 Å². The Balaban J connectivity index is 1.18. The highest BCUT2D eigenvalue weighted by molar-refractivity contribution is 5.82. The van der Waals surface area contributed by atoms with Gasteiger partial charge < -0.3 is 15.0 Å². The molecule has 9 heteroatoms. The van der Waals surface area contributed by atoms with Crippen LogP contribution in [0.2, 0.25) is 0 Å². The van der Waals surface area contributed by atoms with E-state index in [1.165, 1.54) is 6.07 Å². The smallest absolute Gasteiger partial charge is 0.228 e. The zero-order valence-electron chi connectivity index (χ0n) is 18.5. The molecule has 2 aromatic rings. The number of likely N-dealkylation sites (tertiary alicyclic amines) is 1. The fourth-order valence-corrected chi connectivity index (χ4v) is 5.51. The minimum absolute atomic E-state index is 0.0653. The third-order valence-electron chi connectivity index (χ3n) is 7.44. The van der Waals surface area contributed by atoms with Crippen LogP contribution in [0.25, 0.3) is 11.3 Å². The maximum atomic E-state index is 14.0. The molecule has 1 unspecified atom stereocenters. The number of ether oxygens (including phenoxy) is 1. The fraction of sp³-hybridized carbons (Fsp3) is 0.542. The Kier molecular flexibility index (Phi) is 5.76. The summed E-state index contributed by atoms with van der Waals surface area (Å²) in [4.78, 5) is 15.1. The maximum Gasteiger partial charge on any atom is 0.228 e. The van der Waals surface area contributed by atoms with Gasteiger partial charge >= 0.3 is 0 Å². The van der Waals surface area contributed by atoms with E-state index >= 15 is 0 Å². The first-order valence-corrected chi connectivity index (χ1v) is 11.4. The van der Waals surface area contributed by atoms with E-state index in [-0.39, 0.29) is 28.6 Å². The zero-order valence-corrected chi connectivity index (χ0v) is 18.5. The molecule has 3 atom stereocenters. The molecule has 1 aromatic heterocycles. The Morgan fingerprint density at radius 1 is 1.09 bits per heavy atom. The zero-order chi connectivity index (χ0) is 23.2. The van der Waals surface area contributed by atoms with Crippen LogP contribution in [0.15, 0.2) is 24.3 Å². The van der Waals surface area contributed by atoms with Crippen molar-refractivity contribution in [2.24, 2.45) is 17.3 Å². The van der Waals surface area contributed by atoms with Gasteiger partial charge in [0, 0.05) is 44.0 Å². The van der Waals surface area contributed by atoms with Gasteiger partial charge in [0.05, 0.1) is 11.1 Å². The van der Waals surface area contributed by atoms with Gasteiger partial charge in [-0.15, -0.1) is 10.2 Å². The summed E-state index contributed by atoms with van der Waals surface area (Å²) in [6.07, 6.45) is 3.42. The number of anilines is 1. The van der Waals surface area contributed by atoms with Gasteiger partial charge in [-0.3, -0.25) is 4.79 Å². The van der Waals surface area contributed by atoms with Crippen LogP contribution in [-0.4, -0.2) is 53.3 Å². The number of carbonyl (C=O) groups is 1. The number of carbonyl (C=O) groups excluding carboxylic acids is 1. The maximum absolute atomic E-state index is 14.0. The van der Waals surface area contributed by atoms with Crippen LogP contribution in [-0.2, 0) is 9.53 Å². The Hall–Kier alpha value is -2.68. The molecule has 0 spiro atoms. The first-order valence-electron chi connectivity index (χ1n) is 11.4. The molecular weight excluding hydrogens is 433 g/mol. The summed E-state index contributed by atoms with van der Waals surface area (Å²) in [6.45, 7) is 4.92. The predicted molar refractivity (Wildman–Crippen MR) is 116 cm³/mol. The molecule has 2 saturated heterocycles. The average molecular weight is 461 g/mol. The fourth-order valence-electron chi connectivity index (χ4n) is 5.51. The van der Waals surface area contributed by atoms with Crippen molar-refractivity contribution in [3.8, 4) is 11.3 Å². The van der Waals surface area contributed by atoms with Crippen LogP contribution in [0, 0.1) is 34.7 Å². The van der Waals surface area contributed by atoms with Crippen LogP contribution >= 0.6 is 0 Å². The van der Waals surface area contributed by atoms with Gasteiger partial charge in [-0.25, -0.2) is 13.2 Å². The largest absolute Gasteiger partial charge is 0.381 e. The van der Waals surface area contributed by atoms with Gasteiger partial charge in [0.2, 0.25) is 5.91 Å². The Morgan fingerprint density at radius 3 is 2.42 bits per heavy atom. The molecule has 5 rings (SSSR count). The van der Waals surface area contributed by atoms with Crippen molar-refractivity contribution in [2.75, 3.05) is 31.6 Å². The summed E-state index contributed by atoms with van der Waals surface area (Å²) in [5, 5.41) is 11.4. The van der Waals surface area contributed by atoms with Gasteiger partial charge in [0.25, 0.3) is 0 Å². The van der Waals surface area contributed by atoms with E-state index in [0.29, 0.717) is 36.9 Å². The Labute approximate surface area is 190 Å². The summed E-state index contributed by atoms with van der Waals surface area (Å²) in [6, 6.07) is 4.75. The lowest BCUT2D eigenvalue weighted by molar-refractivity contribution is -0.145. The van der Waals surface area contributed by atoms with Gasteiger partial charge in [-0.05, 0) is 55.7 Å². The normalized spacial score (nSPS) is 26.3. The van der Waals surface area contributed by atoms with Crippen LogP contribution in [0.1, 0.15) is 32.6 Å². The Bertz CT molecular complexity index is 1030. The van der Waals surface area contributed by atoms with Crippen LogP contribution in [0.5, 0.6) is 0 Å². The first kappa shape index (κ1) is 22.1. The number of fused-ring (bicyclic) bond motifs is 1. The quantitative estimate of drug-likeness (QED) is 0.698. The van der Waals surface area contributed by atoms with Crippen molar-refractivity contribution in [3.63, 3.8) is 0 Å². The molecule has 1 amide bonds. The summed E-state index contributed by atoms with van der Waals surface area (Å²) in [5.41, 5.74) is -0.504. The highest BCUT2D eigenvalue weighted by Crippen LogP contribution is 2.42. The molecule has 3 aliphatic rings. The van der Waals surface area contributed by atoms with Crippen molar-refractivity contribution in [3.05, 3.63) is 41.7 Å². The summed E-state index contributed by atoms with van der Waals surface area (Å²) >= 11 is 0. The van der Waals surface area contributed by atoms with E-state index in [1.807, 2.05) is 4.90 Å². The lowest BCUT2D eigenvalue weighted by Gasteiger charge is -2.36. The number of nitrogens with one attached hydrogen (secondary N) is 1. The molecule has 6 nitrogen and oxygen atoms in total. The molecule has 3 heterocycles. The summed E-state index contributed by atoms with van der Waals surface area (Å²) < 4.78 is 46.4. The van der Waals surface area contributed by atoms with Gasteiger partial charge in [0.1, 0.15) is 11.6 Å². The summed E-state index contributed by atoms with van der Waals surface area (Å²) in [5.74, 6) is -1.59. The minimum Gasteiger partial charge on any atom is -0.381 e. The lowest BCUT2D eigenvalue weighted by atomic mass is 9.81. The van der Waals surface area contributed by atoms with Gasteiger partial charge in [-0.2, -0.15) is 0 Å². The minimum atomic E-state index is -1.26. The second-order valence-electron chi connectivity index (χ2n) is 9.77. The molecular formula is C24H27F3N4O2. The number of nitrogens with zero attached hydrogens (tertiary/aromatic N) is 3. The number of benzene rings is 1. The van der Waals surface area contributed by atoms with Crippen molar-refractivity contribution < 1.29 is 22.7 Å². The van der Waals surface area contributed by atoms with Gasteiger partial charge in [-0.1, -0.05) is 6.92 Å². The third kappa shape index (κ3) is 4.30. The standard InChI is InChI=1S/C24H27F3N4O2/c1-24(4-6-33-7-5-24)23(32)31-12-14-8-17(9-15(14)13-31)28-21-3-2-20(29-30-21)18-10-16(25)11-19(26)22(18)27/h2-3,10-11,14-15,17H,4-9,12-13H2,1H3,(H,28,30)/t14-,15+,17?. The van der Waals surface area contributed by atoms with E-state index in [0.717, 1.165) is 44.8 Å². The first-order chi connectivity index (χ1) is 15.8. The topological polar surface area (TPSA) is 67.4 Å². The van der Waals surface area contributed by atoms with Crippen LogP contribution in [0.4, 0.5) is 19.0 Å². The SMILES string of the molecule is CC1(C(=O)N2C[C@H]3CC(Nc4ccc(-c5cc(F)cc(F)c5F)nn4)C[C@H]3C2)CCOCC1. The molecule has 0 radical (unpaired) electrons. The second kappa shape index (κ2) is 8.59. The van der Waals surface area contributed by atoms with Crippen molar-refractivity contribution >= 4 is 11.7 Å². The number of hydrogen-bond acceptors (Lipinski definition) is 5. The van der Waals surface area contributed by atoms with Crippen LogP contribution < -0.4 is 5.32 Å². The number of rotatable bonds is 4. The van der Waals surface area contributed by atoms with Crippen molar-refractivity contribution in [1.82, 2.24) is 15.1 Å². The molecule has 176 valence electrons. The average Bonchev–Trinajstić information content (AvgIpc) is 3.35. The van der Waals surface area contributed by atoms with E-state index in [2.05, 4.69) is 22.4 Å². The van der Waals surface area contributed by atoms with E-state index in [4.69, 9.17) is 4.74 Å². The molecule has 0 bridgehead atoms. The predicted octanol–water partition coefficient (Wildman–Crippen LogP) is 4.03. The number of amides is 1. The van der Waals surface area contributed by atoms with Crippen molar-refractivity contribution in [2.45, 2.75) is 38.6 Å². The molecule has 1 N–H and O–H groups in total. The molecule has 3 fully saturated rings. The summed E-state index contributed by atoms with van der Waals surface area (Å²) in [7, 11) is 0. The van der Waals surface area contributed by atoms with Crippen LogP contribution in [0.3, 0.4) is 0 Å². The molecule has 1 saturated carbocycles. The highest BCUT2D eigenvalue weighted by Gasteiger charge is 2.46. The monoisotopic (exact) mass is 460 g/mol. The van der Waals surface area contributed by atoms with Gasteiger partial charge in [0.15, 0.2) is 11.6 Å². The molecule has 1 aromatic carbocycles. The third-order valence-corrected chi connectivity index (χ3v) is 7.44. The second-order valence-corrected chi connectivity index (χ2v) is 9.77. The molecule has 2 aliphatic heterocycles. The number of aromatic nitrogens is 2. The lowest BCUT2D eigenvalue weighted by Crippen LogP contribution is -2.44. The Morgan fingerprint density at radius 2 is 1.79 bits per heavy atom. The van der Waals surface area contributed by atoms with E-state index in [1.54, 1.807) is 6.07 Å².